The van der Waals surface area contributed by atoms with Gasteiger partial charge in [-0.3, -0.25) is 14.8 Å². The van der Waals surface area contributed by atoms with E-state index in [0.29, 0.717) is 52.0 Å². The number of rotatable bonds is 6. The summed E-state index contributed by atoms with van der Waals surface area (Å²) in [4.78, 5) is 24.5. The average Bonchev–Trinajstić information content (AvgIpc) is 2.81. The molecule has 1 aliphatic heterocycles. The van der Waals surface area contributed by atoms with E-state index in [4.69, 9.17) is 26.2 Å². The first-order valence-electron chi connectivity index (χ1n) is 10.5. The molecule has 0 spiro atoms. The number of fused-ring (bicyclic) bond motifs is 1. The van der Waals surface area contributed by atoms with Crippen LogP contribution in [-0.2, 0) is 17.6 Å². The minimum absolute atomic E-state index is 0.0895. The summed E-state index contributed by atoms with van der Waals surface area (Å²) in [6, 6.07) is 5.14. The number of aromatic nitrogens is 3. The number of carboxylic acids is 1. The van der Waals surface area contributed by atoms with Crippen LogP contribution in [0.1, 0.15) is 42.0 Å². The Morgan fingerprint density at radius 2 is 2.15 bits per heavy atom. The van der Waals surface area contributed by atoms with Gasteiger partial charge >= 0.3 is 5.97 Å². The molecule has 3 aromatic rings. The number of aryl methyl sites for hydroxylation is 2. The van der Waals surface area contributed by atoms with Crippen LogP contribution < -0.4 is 9.47 Å². The molecule has 2 unspecified atom stereocenters. The number of pyridine rings is 1. The molecule has 0 amide bonds. The summed E-state index contributed by atoms with van der Waals surface area (Å²) in [5.41, 5.74) is 3.55. The van der Waals surface area contributed by atoms with Crippen molar-refractivity contribution >= 4 is 17.6 Å². The van der Waals surface area contributed by atoms with Gasteiger partial charge in [0.05, 0.1) is 47.5 Å². The average molecular weight is 472 g/mol. The summed E-state index contributed by atoms with van der Waals surface area (Å²) >= 11 is 6.30. The fourth-order valence-corrected chi connectivity index (χ4v) is 4.06. The second-order valence-electron chi connectivity index (χ2n) is 8.05. The highest BCUT2D eigenvalue weighted by molar-refractivity contribution is 6.33. The number of carbonyl (C=O) groups is 1. The van der Waals surface area contributed by atoms with Gasteiger partial charge in [0.2, 0.25) is 5.88 Å². The summed E-state index contributed by atoms with van der Waals surface area (Å²) in [5, 5.41) is 9.58. The van der Waals surface area contributed by atoms with E-state index >= 15 is 4.39 Å². The monoisotopic (exact) mass is 471 g/mol. The molecule has 1 N–H and O–H groups in total. The van der Waals surface area contributed by atoms with Crippen molar-refractivity contribution in [1.82, 2.24) is 15.0 Å². The molecule has 2 atom stereocenters. The van der Waals surface area contributed by atoms with Crippen LogP contribution in [0.5, 0.6) is 11.6 Å². The van der Waals surface area contributed by atoms with Gasteiger partial charge in [0.15, 0.2) is 11.6 Å². The summed E-state index contributed by atoms with van der Waals surface area (Å²) in [6.07, 6.45) is 3.96. The molecular formula is C24H23ClFN3O4. The first-order valence-corrected chi connectivity index (χ1v) is 10.9. The molecular weight excluding hydrogens is 449 g/mol. The molecule has 3 heterocycles. The first kappa shape index (κ1) is 22.9. The number of benzene rings is 1. The summed E-state index contributed by atoms with van der Waals surface area (Å²) in [7, 11) is 1.52. The van der Waals surface area contributed by atoms with E-state index in [-0.39, 0.29) is 12.2 Å². The van der Waals surface area contributed by atoms with E-state index in [9.17, 15) is 4.79 Å². The lowest BCUT2D eigenvalue weighted by atomic mass is 9.95. The maximum atomic E-state index is 15.2. The predicted octanol–water partition coefficient (Wildman–Crippen LogP) is 4.98. The lowest BCUT2D eigenvalue weighted by molar-refractivity contribution is -0.141. The largest absolute Gasteiger partial charge is 0.481 e. The van der Waals surface area contributed by atoms with Crippen molar-refractivity contribution < 1.29 is 23.8 Å². The normalized spacial score (nSPS) is 16.0. The highest BCUT2D eigenvalue weighted by Gasteiger charge is 2.28. The zero-order chi connectivity index (χ0) is 23.7. The summed E-state index contributed by atoms with van der Waals surface area (Å²) < 4.78 is 26.3. The topological polar surface area (TPSA) is 94.4 Å². The third-order valence-electron chi connectivity index (χ3n) is 5.73. The zero-order valence-corrected chi connectivity index (χ0v) is 19.2. The Morgan fingerprint density at radius 1 is 1.36 bits per heavy atom. The van der Waals surface area contributed by atoms with Crippen LogP contribution in [0.2, 0.25) is 5.02 Å². The summed E-state index contributed by atoms with van der Waals surface area (Å²) in [5.74, 6) is -1.61. The SMILES string of the molecule is COc1cc(-c2ncc(C3CCc4ccc(CC(C)C(=O)O)c(F)c4O3)nc2C)c(Cl)cn1. The van der Waals surface area contributed by atoms with E-state index in [1.165, 1.54) is 13.3 Å². The van der Waals surface area contributed by atoms with Gasteiger partial charge in [-0.05, 0) is 37.3 Å². The van der Waals surface area contributed by atoms with Gasteiger partial charge in [-0.25, -0.2) is 9.37 Å². The number of halogens is 2. The van der Waals surface area contributed by atoms with Crippen molar-refractivity contribution in [1.29, 1.82) is 0 Å². The van der Waals surface area contributed by atoms with Crippen LogP contribution in [-0.4, -0.2) is 33.1 Å². The molecule has 0 fully saturated rings. The predicted molar refractivity (Wildman–Crippen MR) is 120 cm³/mol. The van der Waals surface area contributed by atoms with Crippen molar-refractivity contribution in [3.05, 3.63) is 63.9 Å². The Bertz CT molecular complexity index is 1220. The number of carboxylic acid groups (broad SMARTS) is 1. The highest BCUT2D eigenvalue weighted by Crippen LogP contribution is 2.38. The molecule has 1 aliphatic rings. The Morgan fingerprint density at radius 3 is 2.85 bits per heavy atom. The molecule has 0 saturated heterocycles. The number of nitrogens with zero attached hydrogens (tertiary/aromatic N) is 3. The van der Waals surface area contributed by atoms with Crippen molar-refractivity contribution in [3.8, 4) is 22.9 Å². The van der Waals surface area contributed by atoms with Crippen LogP contribution in [0.15, 0.2) is 30.6 Å². The van der Waals surface area contributed by atoms with E-state index in [1.54, 1.807) is 31.3 Å². The third kappa shape index (κ3) is 4.61. The molecule has 9 heteroatoms. The lowest BCUT2D eigenvalue weighted by Crippen LogP contribution is -2.19. The molecule has 2 aromatic heterocycles. The van der Waals surface area contributed by atoms with Gasteiger partial charge < -0.3 is 14.6 Å². The standard InChI is InChI=1S/C24H23ClFN3O4/c1-12(24(30)31)8-15-5-4-14-6-7-19(33-23(14)21(15)26)18-11-28-22(13(2)29-18)16-9-20(32-3)27-10-17(16)25/h4-5,9-12,19H,6-8H2,1-3H3,(H,30,31). The Hall–Kier alpha value is -3.26. The van der Waals surface area contributed by atoms with Crippen molar-refractivity contribution in [2.45, 2.75) is 39.2 Å². The second kappa shape index (κ2) is 9.31. The Kier molecular flexibility index (Phi) is 6.47. The number of ether oxygens (including phenoxy) is 2. The number of methoxy groups -OCH3 is 1. The van der Waals surface area contributed by atoms with Gasteiger partial charge in [-0.1, -0.05) is 30.7 Å². The number of hydrogen-bond donors (Lipinski definition) is 1. The van der Waals surface area contributed by atoms with E-state index in [1.807, 2.05) is 6.92 Å². The summed E-state index contributed by atoms with van der Waals surface area (Å²) in [6.45, 7) is 3.37. The van der Waals surface area contributed by atoms with Crippen molar-refractivity contribution in [2.75, 3.05) is 7.11 Å². The minimum Gasteiger partial charge on any atom is -0.481 e. The number of hydrogen-bond acceptors (Lipinski definition) is 6. The lowest BCUT2D eigenvalue weighted by Gasteiger charge is -2.27. The zero-order valence-electron chi connectivity index (χ0n) is 18.4. The maximum absolute atomic E-state index is 15.2. The van der Waals surface area contributed by atoms with Gasteiger partial charge in [0, 0.05) is 11.6 Å². The second-order valence-corrected chi connectivity index (χ2v) is 8.46. The van der Waals surface area contributed by atoms with Gasteiger partial charge in [0.25, 0.3) is 0 Å². The molecule has 0 aliphatic carbocycles. The third-order valence-corrected chi connectivity index (χ3v) is 6.03. The molecule has 172 valence electrons. The maximum Gasteiger partial charge on any atom is 0.306 e. The quantitative estimate of drug-likeness (QED) is 0.541. The molecule has 0 radical (unpaired) electrons. The van der Waals surface area contributed by atoms with Crippen LogP contribution in [0, 0.1) is 18.7 Å². The first-order chi connectivity index (χ1) is 15.8. The van der Waals surface area contributed by atoms with E-state index in [2.05, 4.69) is 15.0 Å². The van der Waals surface area contributed by atoms with Crippen LogP contribution in [0.3, 0.4) is 0 Å². The van der Waals surface area contributed by atoms with E-state index < -0.39 is 23.8 Å². The van der Waals surface area contributed by atoms with Gasteiger partial charge in [-0.2, -0.15) is 0 Å². The molecule has 0 bridgehead atoms. The smallest absolute Gasteiger partial charge is 0.306 e. The fourth-order valence-electron chi connectivity index (χ4n) is 3.86. The molecule has 1 aromatic carbocycles. The molecule has 0 saturated carbocycles. The Balaban J connectivity index is 1.61. The minimum atomic E-state index is -0.969. The van der Waals surface area contributed by atoms with E-state index in [0.717, 1.165) is 5.56 Å². The van der Waals surface area contributed by atoms with Crippen molar-refractivity contribution in [2.24, 2.45) is 5.92 Å². The molecule has 4 rings (SSSR count). The van der Waals surface area contributed by atoms with Crippen LogP contribution >= 0.6 is 11.6 Å². The Labute approximate surface area is 195 Å². The highest BCUT2D eigenvalue weighted by atomic mass is 35.5. The molecule has 7 nitrogen and oxygen atoms in total. The van der Waals surface area contributed by atoms with Crippen molar-refractivity contribution in [3.63, 3.8) is 0 Å². The fraction of sp³-hybridized carbons (Fsp3) is 0.333. The van der Waals surface area contributed by atoms with Gasteiger partial charge in [0.1, 0.15) is 6.10 Å². The van der Waals surface area contributed by atoms with Crippen LogP contribution in [0.25, 0.3) is 11.3 Å². The van der Waals surface area contributed by atoms with Crippen LogP contribution in [0.4, 0.5) is 4.39 Å². The van der Waals surface area contributed by atoms with Gasteiger partial charge in [-0.15, -0.1) is 0 Å². The molecule has 33 heavy (non-hydrogen) atoms. The number of aliphatic carboxylic acids is 1.